The van der Waals surface area contributed by atoms with Gasteiger partial charge in [0.15, 0.2) is 0 Å². The molecule has 0 radical (unpaired) electrons. The monoisotopic (exact) mass is 525 g/mol. The summed E-state index contributed by atoms with van der Waals surface area (Å²) in [4.78, 5) is 12.7. The predicted octanol–water partition coefficient (Wildman–Crippen LogP) is 4.56. The van der Waals surface area contributed by atoms with Crippen LogP contribution in [0.5, 0.6) is 0 Å². The van der Waals surface area contributed by atoms with Gasteiger partial charge in [-0.25, -0.2) is 0 Å². The highest BCUT2D eigenvalue weighted by Gasteiger charge is 2.51. The van der Waals surface area contributed by atoms with Crippen LogP contribution in [0.2, 0.25) is 5.04 Å². The van der Waals surface area contributed by atoms with Gasteiger partial charge in [0.2, 0.25) is 5.91 Å². The molecule has 0 aliphatic rings. The largest absolute Gasteiger partial charge is 0.402 e. The van der Waals surface area contributed by atoms with Gasteiger partial charge >= 0.3 is 0 Å². The second kappa shape index (κ2) is 15.2. The van der Waals surface area contributed by atoms with E-state index < -0.39 is 26.4 Å². The Morgan fingerprint density at radius 2 is 1.57 bits per heavy atom. The molecule has 1 amide bonds. The number of benzene rings is 2. The Morgan fingerprint density at radius 3 is 2.05 bits per heavy atom. The van der Waals surface area contributed by atoms with Gasteiger partial charge < -0.3 is 20.0 Å². The Bertz CT molecular complexity index is 903. The van der Waals surface area contributed by atoms with Crippen molar-refractivity contribution in [1.29, 1.82) is 0 Å². The van der Waals surface area contributed by atoms with E-state index in [0.717, 1.165) is 29.6 Å². The molecule has 0 fully saturated rings. The Balaban J connectivity index is 2.09. The third-order valence-corrected chi connectivity index (χ3v) is 12.2. The van der Waals surface area contributed by atoms with Gasteiger partial charge in [0, 0.05) is 6.54 Å². The third-order valence-electron chi connectivity index (χ3n) is 7.08. The Kier molecular flexibility index (Phi) is 12.7. The number of hydrogen-bond donors (Lipinski definition) is 3. The molecule has 2 aromatic rings. The molecule has 2 rings (SSSR count). The van der Waals surface area contributed by atoms with Crippen molar-refractivity contribution in [2.75, 3.05) is 13.2 Å². The van der Waals surface area contributed by atoms with E-state index in [9.17, 15) is 15.0 Å². The minimum atomic E-state index is -2.79. The predicted molar refractivity (Wildman–Crippen MR) is 156 cm³/mol. The SMILES string of the molecule is C/C=C/CCCCC(O)C(C)C(=O)NCC[C@@H](CO)O[Si](c1ccccc1)(c1ccccc1)C(C)(C)C. The summed E-state index contributed by atoms with van der Waals surface area (Å²) in [6.45, 7) is 10.6. The number of unbranched alkanes of at least 4 members (excludes halogenated alkanes) is 2. The average Bonchev–Trinajstić information content (AvgIpc) is 2.90. The Morgan fingerprint density at radius 1 is 1.00 bits per heavy atom. The molecule has 0 aliphatic carbocycles. The van der Waals surface area contributed by atoms with Crippen molar-refractivity contribution in [3.8, 4) is 0 Å². The topological polar surface area (TPSA) is 78.8 Å². The van der Waals surface area contributed by atoms with Crippen LogP contribution in [0.3, 0.4) is 0 Å². The van der Waals surface area contributed by atoms with E-state index in [1.54, 1.807) is 6.92 Å². The molecule has 2 unspecified atom stereocenters. The molecule has 5 nitrogen and oxygen atoms in total. The first-order valence-corrected chi connectivity index (χ1v) is 15.5. The average molecular weight is 526 g/mol. The summed E-state index contributed by atoms with van der Waals surface area (Å²) in [6, 6.07) is 20.7. The molecule has 0 saturated carbocycles. The number of carbonyl (C=O) groups is 1. The molecule has 0 spiro atoms. The van der Waals surface area contributed by atoms with Crippen LogP contribution in [0, 0.1) is 5.92 Å². The minimum absolute atomic E-state index is 0.134. The van der Waals surface area contributed by atoms with E-state index in [0.29, 0.717) is 19.4 Å². The van der Waals surface area contributed by atoms with Crippen LogP contribution in [0.15, 0.2) is 72.8 Å². The number of allylic oxidation sites excluding steroid dienone is 2. The highest BCUT2D eigenvalue weighted by Crippen LogP contribution is 2.37. The second-order valence-electron chi connectivity index (χ2n) is 10.9. The molecule has 204 valence electrons. The molecule has 3 N–H and O–H groups in total. The fourth-order valence-electron chi connectivity index (χ4n) is 4.85. The van der Waals surface area contributed by atoms with Gasteiger partial charge in [0.05, 0.1) is 24.7 Å². The molecule has 6 heteroatoms. The van der Waals surface area contributed by atoms with Crippen LogP contribution in [0.4, 0.5) is 0 Å². The summed E-state index contributed by atoms with van der Waals surface area (Å²) in [5.74, 6) is -0.644. The fraction of sp³-hybridized carbons (Fsp3) is 0.516. The van der Waals surface area contributed by atoms with Gasteiger partial charge in [-0.1, -0.05) is 107 Å². The molecule has 0 aromatic heterocycles. The summed E-state index contributed by atoms with van der Waals surface area (Å²) in [7, 11) is -2.79. The number of amides is 1. The maximum Gasteiger partial charge on any atom is 0.261 e. The van der Waals surface area contributed by atoms with E-state index in [-0.39, 0.29) is 17.6 Å². The lowest BCUT2D eigenvalue weighted by Gasteiger charge is -2.45. The van der Waals surface area contributed by atoms with Crippen LogP contribution in [-0.4, -0.2) is 49.8 Å². The van der Waals surface area contributed by atoms with E-state index in [1.807, 2.05) is 49.4 Å². The Hall–Kier alpha value is -2.25. The van der Waals surface area contributed by atoms with Crippen molar-refractivity contribution in [3.63, 3.8) is 0 Å². The summed E-state index contributed by atoms with van der Waals surface area (Å²) in [6.07, 6.45) is 7.05. The van der Waals surface area contributed by atoms with Crippen molar-refractivity contribution in [1.82, 2.24) is 5.32 Å². The number of nitrogens with one attached hydrogen (secondary N) is 1. The second-order valence-corrected chi connectivity index (χ2v) is 15.1. The van der Waals surface area contributed by atoms with E-state index in [2.05, 4.69) is 56.4 Å². The smallest absolute Gasteiger partial charge is 0.261 e. The van der Waals surface area contributed by atoms with E-state index >= 15 is 0 Å². The quantitative estimate of drug-likeness (QED) is 0.181. The first kappa shape index (κ1) is 31.0. The van der Waals surface area contributed by atoms with Crippen molar-refractivity contribution in [3.05, 3.63) is 72.8 Å². The van der Waals surface area contributed by atoms with Crippen molar-refractivity contribution >= 4 is 24.6 Å². The first-order valence-electron chi connectivity index (χ1n) is 13.6. The maximum atomic E-state index is 12.7. The number of carbonyl (C=O) groups excluding carboxylic acids is 1. The van der Waals surface area contributed by atoms with Crippen molar-refractivity contribution < 1.29 is 19.4 Å². The highest BCUT2D eigenvalue weighted by molar-refractivity contribution is 6.99. The maximum absolute atomic E-state index is 12.7. The van der Waals surface area contributed by atoms with Gasteiger partial charge in [-0.05, 0) is 48.0 Å². The van der Waals surface area contributed by atoms with Crippen LogP contribution >= 0.6 is 0 Å². The molecule has 0 heterocycles. The number of rotatable bonds is 15. The molecule has 2 aromatic carbocycles. The summed E-state index contributed by atoms with van der Waals surface area (Å²) in [5.41, 5.74) is 0. The number of aliphatic hydroxyl groups excluding tert-OH is 2. The van der Waals surface area contributed by atoms with Crippen LogP contribution in [0.25, 0.3) is 0 Å². The molecule has 0 bridgehead atoms. The van der Waals surface area contributed by atoms with Crippen molar-refractivity contribution in [2.45, 2.75) is 84.0 Å². The fourth-order valence-corrected chi connectivity index (χ4v) is 9.56. The van der Waals surface area contributed by atoms with Gasteiger partial charge in [0.1, 0.15) is 0 Å². The van der Waals surface area contributed by atoms with Gasteiger partial charge in [-0.2, -0.15) is 0 Å². The number of aliphatic hydroxyl groups is 2. The summed E-state index contributed by atoms with van der Waals surface area (Å²) >= 11 is 0. The van der Waals surface area contributed by atoms with Crippen molar-refractivity contribution in [2.24, 2.45) is 5.92 Å². The lowest BCUT2D eigenvalue weighted by Crippen LogP contribution is -2.68. The van der Waals surface area contributed by atoms with Gasteiger partial charge in [0.25, 0.3) is 8.32 Å². The lowest BCUT2D eigenvalue weighted by atomic mass is 9.98. The zero-order chi connectivity index (χ0) is 27.3. The minimum Gasteiger partial charge on any atom is -0.402 e. The van der Waals surface area contributed by atoms with Gasteiger partial charge in [-0.3, -0.25) is 4.79 Å². The molecular formula is C31H47NO4Si. The molecule has 3 atom stereocenters. The summed E-state index contributed by atoms with van der Waals surface area (Å²) < 4.78 is 6.98. The van der Waals surface area contributed by atoms with Crippen LogP contribution in [-0.2, 0) is 9.22 Å². The zero-order valence-corrected chi connectivity index (χ0v) is 24.3. The molecule has 0 aliphatic heterocycles. The van der Waals surface area contributed by atoms with E-state index in [1.165, 1.54) is 0 Å². The zero-order valence-electron chi connectivity index (χ0n) is 23.3. The summed E-state index contributed by atoms with van der Waals surface area (Å²) in [5, 5.41) is 25.8. The molecule has 37 heavy (non-hydrogen) atoms. The first-order chi connectivity index (χ1) is 17.7. The van der Waals surface area contributed by atoms with Gasteiger partial charge in [-0.15, -0.1) is 0 Å². The lowest BCUT2D eigenvalue weighted by molar-refractivity contribution is -0.128. The Labute approximate surface area is 225 Å². The molecule has 0 saturated heterocycles. The molecular weight excluding hydrogens is 478 g/mol. The normalized spacial score (nSPS) is 14.9. The van der Waals surface area contributed by atoms with E-state index in [4.69, 9.17) is 4.43 Å². The third kappa shape index (κ3) is 8.64. The number of hydrogen-bond acceptors (Lipinski definition) is 4. The standard InChI is InChI=1S/C31H47NO4Si/c1-6-7-8-9-16-21-29(34)25(2)30(35)32-23-22-26(24-33)36-37(31(3,4)5,27-17-12-10-13-18-27)28-19-14-11-15-20-28/h6-7,10-15,17-20,25-26,29,33-34H,8-9,16,21-24H2,1-5H3,(H,32,35)/b7-6+/t25?,26-,29?/m0/s1. The van der Waals surface area contributed by atoms with Crippen LogP contribution in [0.1, 0.15) is 66.7 Å². The van der Waals surface area contributed by atoms with Crippen LogP contribution < -0.4 is 15.7 Å². The highest BCUT2D eigenvalue weighted by atomic mass is 28.4.